The van der Waals surface area contributed by atoms with E-state index in [4.69, 9.17) is 0 Å². The Morgan fingerprint density at radius 2 is 2.06 bits per heavy atom. The van der Waals surface area contributed by atoms with Crippen LogP contribution < -0.4 is 5.32 Å². The first kappa shape index (κ1) is 13.3. The molecule has 0 spiro atoms. The molecule has 1 heterocycles. The standard InChI is InChI=1S/C15H23FN2/c1-12-7-8-13(2)18(11-12)10-9-17-15-6-4-3-5-14(15)16/h3-6,12-13,17H,7-11H2,1-2H3. The van der Waals surface area contributed by atoms with Crippen molar-refractivity contribution in [3.05, 3.63) is 30.1 Å². The van der Waals surface area contributed by atoms with Gasteiger partial charge in [-0.25, -0.2) is 4.39 Å². The summed E-state index contributed by atoms with van der Waals surface area (Å²) >= 11 is 0. The molecule has 100 valence electrons. The van der Waals surface area contributed by atoms with Crippen molar-refractivity contribution >= 4 is 5.69 Å². The first-order chi connectivity index (χ1) is 8.66. The van der Waals surface area contributed by atoms with Crippen molar-refractivity contribution in [2.75, 3.05) is 25.0 Å². The van der Waals surface area contributed by atoms with Gasteiger partial charge in [0.1, 0.15) is 5.82 Å². The predicted octanol–water partition coefficient (Wildman–Crippen LogP) is 3.36. The Labute approximate surface area is 109 Å². The van der Waals surface area contributed by atoms with Gasteiger partial charge in [-0.3, -0.25) is 4.90 Å². The van der Waals surface area contributed by atoms with E-state index in [0.29, 0.717) is 11.7 Å². The molecule has 0 aromatic heterocycles. The van der Waals surface area contributed by atoms with Crippen LogP contribution in [-0.4, -0.2) is 30.6 Å². The van der Waals surface area contributed by atoms with Crippen molar-refractivity contribution in [2.45, 2.75) is 32.7 Å². The van der Waals surface area contributed by atoms with Gasteiger partial charge in [-0.1, -0.05) is 19.1 Å². The lowest BCUT2D eigenvalue weighted by atomic mass is 9.95. The predicted molar refractivity (Wildman–Crippen MR) is 74.3 cm³/mol. The molecule has 0 aliphatic carbocycles. The number of hydrogen-bond donors (Lipinski definition) is 1. The van der Waals surface area contributed by atoms with Gasteiger partial charge in [-0.05, 0) is 37.8 Å². The molecule has 0 saturated carbocycles. The molecule has 18 heavy (non-hydrogen) atoms. The number of benzene rings is 1. The fourth-order valence-electron chi connectivity index (χ4n) is 2.63. The maximum Gasteiger partial charge on any atom is 0.146 e. The van der Waals surface area contributed by atoms with Crippen molar-refractivity contribution in [2.24, 2.45) is 5.92 Å². The van der Waals surface area contributed by atoms with Crippen molar-refractivity contribution in [1.29, 1.82) is 0 Å². The smallest absolute Gasteiger partial charge is 0.146 e. The summed E-state index contributed by atoms with van der Waals surface area (Å²) in [6, 6.07) is 7.51. The molecule has 0 amide bonds. The van der Waals surface area contributed by atoms with Crippen LogP contribution in [0.15, 0.2) is 24.3 Å². The number of halogens is 1. The second kappa shape index (κ2) is 6.19. The molecule has 2 unspecified atom stereocenters. The van der Waals surface area contributed by atoms with Crippen molar-refractivity contribution in [3.63, 3.8) is 0 Å². The molecule has 2 atom stereocenters. The number of anilines is 1. The van der Waals surface area contributed by atoms with E-state index in [1.807, 2.05) is 6.07 Å². The van der Waals surface area contributed by atoms with Crippen LogP contribution in [-0.2, 0) is 0 Å². The van der Waals surface area contributed by atoms with Crippen LogP contribution in [0, 0.1) is 11.7 Å². The summed E-state index contributed by atoms with van der Waals surface area (Å²) in [5.41, 5.74) is 0.607. The average Bonchev–Trinajstić information content (AvgIpc) is 2.36. The van der Waals surface area contributed by atoms with Gasteiger partial charge < -0.3 is 5.32 Å². The maximum atomic E-state index is 13.4. The van der Waals surface area contributed by atoms with Crippen LogP contribution in [0.2, 0.25) is 0 Å². The van der Waals surface area contributed by atoms with Crippen LogP contribution in [0.1, 0.15) is 26.7 Å². The Morgan fingerprint density at radius 3 is 2.83 bits per heavy atom. The van der Waals surface area contributed by atoms with E-state index in [1.54, 1.807) is 12.1 Å². The first-order valence-corrected chi connectivity index (χ1v) is 6.89. The van der Waals surface area contributed by atoms with E-state index in [1.165, 1.54) is 25.5 Å². The summed E-state index contributed by atoms with van der Waals surface area (Å²) in [7, 11) is 0. The number of hydrogen-bond acceptors (Lipinski definition) is 2. The third kappa shape index (κ3) is 3.45. The summed E-state index contributed by atoms with van der Waals surface area (Å²) < 4.78 is 13.4. The van der Waals surface area contributed by atoms with Gasteiger partial charge in [-0.15, -0.1) is 0 Å². The minimum absolute atomic E-state index is 0.169. The molecule has 2 nitrogen and oxygen atoms in total. The molecule has 1 aromatic rings. The number of rotatable bonds is 4. The zero-order chi connectivity index (χ0) is 13.0. The quantitative estimate of drug-likeness (QED) is 0.881. The average molecular weight is 250 g/mol. The molecule has 1 saturated heterocycles. The van der Waals surface area contributed by atoms with Crippen LogP contribution in [0.4, 0.5) is 10.1 Å². The Hall–Kier alpha value is -1.09. The molecule has 3 heteroatoms. The van der Waals surface area contributed by atoms with Gasteiger partial charge >= 0.3 is 0 Å². The zero-order valence-corrected chi connectivity index (χ0v) is 11.3. The molecule has 1 aliphatic heterocycles. The Balaban J connectivity index is 1.79. The van der Waals surface area contributed by atoms with Gasteiger partial charge in [0.2, 0.25) is 0 Å². The molecule has 1 aliphatic rings. The van der Waals surface area contributed by atoms with Crippen LogP contribution in [0.3, 0.4) is 0 Å². The third-order valence-corrected chi connectivity index (χ3v) is 3.84. The monoisotopic (exact) mass is 250 g/mol. The summed E-state index contributed by atoms with van der Waals surface area (Å²) in [5, 5.41) is 3.18. The first-order valence-electron chi connectivity index (χ1n) is 6.89. The van der Waals surface area contributed by atoms with Crippen LogP contribution >= 0.6 is 0 Å². The largest absolute Gasteiger partial charge is 0.381 e. The lowest BCUT2D eigenvalue weighted by Gasteiger charge is -2.36. The Morgan fingerprint density at radius 1 is 1.28 bits per heavy atom. The molecule has 1 fully saturated rings. The van der Waals surface area contributed by atoms with Gasteiger partial charge in [0.15, 0.2) is 0 Å². The van der Waals surface area contributed by atoms with E-state index in [2.05, 4.69) is 24.1 Å². The summed E-state index contributed by atoms with van der Waals surface area (Å²) in [6.07, 6.45) is 2.61. The second-order valence-corrected chi connectivity index (χ2v) is 5.43. The highest BCUT2D eigenvalue weighted by molar-refractivity contribution is 5.44. The van der Waals surface area contributed by atoms with Crippen molar-refractivity contribution < 1.29 is 4.39 Å². The Bertz CT molecular complexity index is 381. The highest BCUT2D eigenvalue weighted by Gasteiger charge is 2.21. The molecule has 0 bridgehead atoms. The number of likely N-dealkylation sites (tertiary alicyclic amines) is 1. The molecular weight excluding hydrogens is 227 g/mol. The normalized spacial score (nSPS) is 25.1. The van der Waals surface area contributed by atoms with E-state index in [0.717, 1.165) is 19.0 Å². The fourth-order valence-corrected chi connectivity index (χ4v) is 2.63. The number of para-hydroxylation sites is 1. The van der Waals surface area contributed by atoms with Crippen molar-refractivity contribution in [1.82, 2.24) is 4.90 Å². The molecule has 2 rings (SSSR count). The van der Waals surface area contributed by atoms with E-state index >= 15 is 0 Å². The number of nitrogens with zero attached hydrogens (tertiary/aromatic N) is 1. The van der Waals surface area contributed by atoms with E-state index < -0.39 is 0 Å². The minimum atomic E-state index is -0.169. The van der Waals surface area contributed by atoms with Gasteiger partial charge in [0, 0.05) is 25.7 Å². The van der Waals surface area contributed by atoms with Crippen LogP contribution in [0.5, 0.6) is 0 Å². The summed E-state index contributed by atoms with van der Waals surface area (Å²) in [5.74, 6) is 0.618. The fraction of sp³-hybridized carbons (Fsp3) is 0.600. The van der Waals surface area contributed by atoms with E-state index in [-0.39, 0.29) is 5.82 Å². The topological polar surface area (TPSA) is 15.3 Å². The second-order valence-electron chi connectivity index (χ2n) is 5.43. The SMILES string of the molecule is CC1CCC(C)N(CCNc2ccccc2F)C1. The minimum Gasteiger partial charge on any atom is -0.381 e. The lowest BCUT2D eigenvalue weighted by Crippen LogP contribution is -2.43. The molecule has 0 radical (unpaired) electrons. The highest BCUT2D eigenvalue weighted by Crippen LogP contribution is 2.21. The van der Waals surface area contributed by atoms with Gasteiger partial charge in [0.05, 0.1) is 5.69 Å². The van der Waals surface area contributed by atoms with E-state index in [9.17, 15) is 4.39 Å². The Kier molecular flexibility index (Phi) is 4.59. The van der Waals surface area contributed by atoms with Crippen molar-refractivity contribution in [3.8, 4) is 0 Å². The molecule has 1 N–H and O–H groups in total. The zero-order valence-electron chi connectivity index (χ0n) is 11.3. The molecule has 1 aromatic carbocycles. The number of piperidine rings is 1. The maximum absolute atomic E-state index is 13.4. The summed E-state index contributed by atoms with van der Waals surface area (Å²) in [6.45, 7) is 7.55. The number of nitrogens with one attached hydrogen (secondary N) is 1. The lowest BCUT2D eigenvalue weighted by molar-refractivity contribution is 0.130. The summed E-state index contributed by atoms with van der Waals surface area (Å²) in [4.78, 5) is 2.50. The highest BCUT2D eigenvalue weighted by atomic mass is 19.1. The van der Waals surface area contributed by atoms with Crippen LogP contribution in [0.25, 0.3) is 0 Å². The van der Waals surface area contributed by atoms with Gasteiger partial charge in [-0.2, -0.15) is 0 Å². The third-order valence-electron chi connectivity index (χ3n) is 3.84. The van der Waals surface area contributed by atoms with Gasteiger partial charge in [0.25, 0.3) is 0 Å². The molecular formula is C15H23FN2.